The highest BCUT2D eigenvalue weighted by Gasteiger charge is 2.40. The monoisotopic (exact) mass is 336 g/mol. The normalized spacial score (nSPS) is 12.6. The first-order chi connectivity index (χ1) is 8.18. The van der Waals surface area contributed by atoms with E-state index >= 15 is 0 Å². The molecular formula is C9H10BrF5N2O. The van der Waals surface area contributed by atoms with E-state index in [1.807, 2.05) is 0 Å². The molecule has 0 aliphatic rings. The summed E-state index contributed by atoms with van der Waals surface area (Å²) in [4.78, 5) is 0. The Morgan fingerprint density at radius 1 is 1.33 bits per heavy atom. The van der Waals surface area contributed by atoms with Gasteiger partial charge >= 0.3 is 12.8 Å². The van der Waals surface area contributed by atoms with Gasteiger partial charge in [0.05, 0.1) is 11.6 Å². The van der Waals surface area contributed by atoms with Crippen molar-refractivity contribution in [3.05, 3.63) is 11.3 Å². The van der Waals surface area contributed by atoms with Gasteiger partial charge in [-0.3, -0.25) is 0 Å². The zero-order valence-corrected chi connectivity index (χ0v) is 11.0. The summed E-state index contributed by atoms with van der Waals surface area (Å²) in [5.41, 5.74) is -1.65. The SMILES string of the molecule is CC(C)n1nc(C(F)(F)F)c(CBr)c1OC(F)F. The minimum Gasteiger partial charge on any atom is -0.417 e. The fourth-order valence-electron chi connectivity index (χ4n) is 1.36. The third-order valence-corrected chi connectivity index (χ3v) is 2.61. The van der Waals surface area contributed by atoms with Crippen molar-refractivity contribution in [3.63, 3.8) is 0 Å². The van der Waals surface area contributed by atoms with E-state index in [-0.39, 0.29) is 5.33 Å². The zero-order valence-electron chi connectivity index (χ0n) is 9.43. The molecule has 0 atom stereocenters. The molecule has 0 amide bonds. The highest BCUT2D eigenvalue weighted by atomic mass is 79.9. The number of alkyl halides is 6. The second-order valence-corrected chi connectivity index (χ2v) is 4.24. The maximum Gasteiger partial charge on any atom is 0.435 e. The molecule has 0 radical (unpaired) electrons. The molecule has 0 saturated carbocycles. The van der Waals surface area contributed by atoms with Crippen molar-refractivity contribution in [2.45, 2.75) is 38.0 Å². The summed E-state index contributed by atoms with van der Waals surface area (Å²) < 4.78 is 67.5. The van der Waals surface area contributed by atoms with Crippen molar-refractivity contribution in [3.8, 4) is 5.88 Å². The minimum absolute atomic E-state index is 0.281. The summed E-state index contributed by atoms with van der Waals surface area (Å²) in [5.74, 6) is -0.566. The topological polar surface area (TPSA) is 27.1 Å². The molecular weight excluding hydrogens is 327 g/mol. The van der Waals surface area contributed by atoms with Crippen LogP contribution < -0.4 is 4.74 Å². The molecule has 0 aliphatic heterocycles. The van der Waals surface area contributed by atoms with E-state index in [9.17, 15) is 22.0 Å². The summed E-state index contributed by atoms with van der Waals surface area (Å²) in [6.07, 6.45) is -4.72. The van der Waals surface area contributed by atoms with Crippen LogP contribution in [-0.4, -0.2) is 16.4 Å². The lowest BCUT2D eigenvalue weighted by atomic mass is 10.2. The van der Waals surface area contributed by atoms with Crippen molar-refractivity contribution in [2.24, 2.45) is 0 Å². The maximum absolute atomic E-state index is 12.7. The Balaban J connectivity index is 3.40. The average molecular weight is 337 g/mol. The summed E-state index contributed by atoms with van der Waals surface area (Å²) in [6.45, 7) is -0.175. The average Bonchev–Trinajstić information content (AvgIpc) is 2.54. The second kappa shape index (κ2) is 5.41. The van der Waals surface area contributed by atoms with Gasteiger partial charge < -0.3 is 4.74 Å². The Labute approximate surface area is 108 Å². The quantitative estimate of drug-likeness (QED) is 0.614. The standard InChI is InChI=1S/C9H10BrF5N2O/c1-4(2)17-7(18-8(11)12)5(3-10)6(16-17)9(13,14)15/h4,8H,3H2,1-2H3. The highest BCUT2D eigenvalue weighted by Crippen LogP contribution is 2.38. The van der Waals surface area contributed by atoms with Crippen LogP contribution in [0.25, 0.3) is 0 Å². The van der Waals surface area contributed by atoms with E-state index < -0.39 is 36.0 Å². The van der Waals surface area contributed by atoms with Crippen molar-refractivity contribution >= 4 is 15.9 Å². The fourth-order valence-corrected chi connectivity index (χ4v) is 1.87. The molecule has 3 nitrogen and oxygen atoms in total. The smallest absolute Gasteiger partial charge is 0.417 e. The molecule has 0 spiro atoms. The molecule has 0 unspecified atom stereocenters. The molecule has 0 saturated heterocycles. The van der Waals surface area contributed by atoms with Crippen molar-refractivity contribution in [1.82, 2.24) is 9.78 Å². The largest absolute Gasteiger partial charge is 0.435 e. The second-order valence-electron chi connectivity index (χ2n) is 3.68. The number of hydrogen-bond acceptors (Lipinski definition) is 2. The van der Waals surface area contributed by atoms with Gasteiger partial charge in [0.25, 0.3) is 0 Å². The minimum atomic E-state index is -4.72. The molecule has 1 aromatic rings. The number of ether oxygens (including phenoxy) is 1. The van der Waals surface area contributed by atoms with Crippen LogP contribution in [0.3, 0.4) is 0 Å². The Morgan fingerprint density at radius 2 is 1.89 bits per heavy atom. The van der Waals surface area contributed by atoms with Crippen LogP contribution in [0.2, 0.25) is 0 Å². The van der Waals surface area contributed by atoms with E-state index in [1.54, 1.807) is 0 Å². The molecule has 1 rings (SSSR count). The Kier molecular flexibility index (Phi) is 4.57. The number of rotatable bonds is 4. The van der Waals surface area contributed by atoms with Crippen molar-refractivity contribution in [1.29, 1.82) is 0 Å². The van der Waals surface area contributed by atoms with Gasteiger partial charge in [-0.25, -0.2) is 4.68 Å². The van der Waals surface area contributed by atoms with E-state index in [4.69, 9.17) is 0 Å². The van der Waals surface area contributed by atoms with Gasteiger partial charge in [0, 0.05) is 5.33 Å². The molecule has 104 valence electrons. The number of hydrogen-bond donors (Lipinski definition) is 0. The summed E-state index contributed by atoms with van der Waals surface area (Å²) in [5, 5.41) is 3.03. The van der Waals surface area contributed by atoms with Crippen molar-refractivity contribution < 1.29 is 26.7 Å². The third kappa shape index (κ3) is 3.12. The van der Waals surface area contributed by atoms with E-state index in [0.717, 1.165) is 4.68 Å². The van der Waals surface area contributed by atoms with Crippen LogP contribution in [0, 0.1) is 0 Å². The first-order valence-electron chi connectivity index (χ1n) is 4.87. The molecule has 0 aliphatic carbocycles. The van der Waals surface area contributed by atoms with Gasteiger partial charge in [0.15, 0.2) is 5.69 Å². The Morgan fingerprint density at radius 3 is 2.22 bits per heavy atom. The number of halogens is 6. The Hall–Kier alpha value is -0.860. The molecule has 0 N–H and O–H groups in total. The van der Waals surface area contributed by atoms with Crippen LogP contribution in [0.15, 0.2) is 0 Å². The van der Waals surface area contributed by atoms with E-state index in [0.29, 0.717) is 0 Å². The van der Waals surface area contributed by atoms with Crippen LogP contribution in [0.1, 0.15) is 31.1 Å². The van der Waals surface area contributed by atoms with Crippen LogP contribution in [0.5, 0.6) is 5.88 Å². The highest BCUT2D eigenvalue weighted by molar-refractivity contribution is 9.08. The number of nitrogens with zero attached hydrogens (tertiary/aromatic N) is 2. The van der Waals surface area contributed by atoms with E-state index in [1.165, 1.54) is 13.8 Å². The van der Waals surface area contributed by atoms with Crippen LogP contribution in [-0.2, 0) is 11.5 Å². The lowest BCUT2D eigenvalue weighted by Crippen LogP contribution is -2.11. The lowest BCUT2D eigenvalue weighted by molar-refractivity contribution is -0.142. The molecule has 18 heavy (non-hydrogen) atoms. The maximum atomic E-state index is 12.7. The third-order valence-electron chi connectivity index (χ3n) is 2.05. The predicted molar refractivity (Wildman–Crippen MR) is 56.9 cm³/mol. The van der Waals surface area contributed by atoms with Gasteiger partial charge in [-0.2, -0.15) is 27.1 Å². The van der Waals surface area contributed by atoms with Crippen LogP contribution in [0.4, 0.5) is 22.0 Å². The van der Waals surface area contributed by atoms with Gasteiger partial charge in [0.2, 0.25) is 5.88 Å². The molecule has 0 bridgehead atoms. The summed E-state index contributed by atoms with van der Waals surface area (Å²) in [7, 11) is 0. The van der Waals surface area contributed by atoms with Crippen molar-refractivity contribution in [2.75, 3.05) is 0 Å². The molecule has 0 fully saturated rings. The summed E-state index contributed by atoms with van der Waals surface area (Å²) >= 11 is 2.83. The zero-order chi connectivity index (χ0) is 14.1. The van der Waals surface area contributed by atoms with Gasteiger partial charge in [-0.15, -0.1) is 0 Å². The summed E-state index contributed by atoms with van der Waals surface area (Å²) in [6, 6.07) is -0.535. The first-order valence-corrected chi connectivity index (χ1v) is 6.00. The van der Waals surface area contributed by atoms with Gasteiger partial charge in [-0.1, -0.05) is 15.9 Å². The fraction of sp³-hybridized carbons (Fsp3) is 0.667. The van der Waals surface area contributed by atoms with Gasteiger partial charge in [0.1, 0.15) is 0 Å². The number of aromatic nitrogens is 2. The molecule has 0 aromatic carbocycles. The first kappa shape index (κ1) is 15.2. The molecule has 9 heteroatoms. The Bertz CT molecular complexity index is 416. The molecule has 1 heterocycles. The van der Waals surface area contributed by atoms with E-state index in [2.05, 4.69) is 25.8 Å². The molecule has 1 aromatic heterocycles. The predicted octanol–water partition coefficient (Wildman–Crippen LogP) is 3.98. The lowest BCUT2D eigenvalue weighted by Gasteiger charge is -2.12. The van der Waals surface area contributed by atoms with Gasteiger partial charge in [-0.05, 0) is 13.8 Å². The van der Waals surface area contributed by atoms with Crippen LogP contribution >= 0.6 is 15.9 Å².